The van der Waals surface area contributed by atoms with Gasteiger partial charge in [0.2, 0.25) is 0 Å². The smallest absolute Gasteiger partial charge is 0.309 e. The van der Waals surface area contributed by atoms with Crippen LogP contribution in [0.15, 0.2) is 24.3 Å². The van der Waals surface area contributed by atoms with E-state index in [-0.39, 0.29) is 11.6 Å². The molecule has 1 aromatic rings. The summed E-state index contributed by atoms with van der Waals surface area (Å²) >= 11 is 0. The highest BCUT2D eigenvalue weighted by atomic mass is 16.6. The van der Waals surface area contributed by atoms with Gasteiger partial charge in [0.25, 0.3) is 0 Å². The molecule has 4 aliphatic carbocycles. The molecule has 0 N–H and O–H groups in total. The zero-order chi connectivity index (χ0) is 19.0. The molecule has 0 spiro atoms. The first-order valence-electron chi connectivity index (χ1n) is 10.9. The van der Waals surface area contributed by atoms with Crippen molar-refractivity contribution in [3.05, 3.63) is 29.8 Å². The van der Waals surface area contributed by atoms with Crippen molar-refractivity contribution in [1.29, 1.82) is 0 Å². The van der Waals surface area contributed by atoms with Crippen molar-refractivity contribution in [2.24, 2.45) is 23.7 Å². The van der Waals surface area contributed by atoms with Gasteiger partial charge in [-0.25, -0.2) is 0 Å². The molecule has 1 unspecified atom stereocenters. The van der Waals surface area contributed by atoms with E-state index in [9.17, 15) is 4.79 Å². The normalized spacial score (nSPS) is 35.1. The number of carbonyl (C=O) groups excluding carboxylic acids is 1. The maximum absolute atomic E-state index is 12.5. The molecule has 3 nitrogen and oxygen atoms in total. The maximum atomic E-state index is 12.5. The van der Waals surface area contributed by atoms with Gasteiger partial charge in [-0.15, -0.1) is 0 Å². The number of hydrogen-bond donors (Lipinski definition) is 0. The van der Waals surface area contributed by atoms with Gasteiger partial charge in [0.15, 0.2) is 0 Å². The van der Waals surface area contributed by atoms with Gasteiger partial charge in [0.1, 0.15) is 11.4 Å². The third-order valence-corrected chi connectivity index (χ3v) is 7.73. The quantitative estimate of drug-likeness (QED) is 0.575. The molecule has 0 radical (unpaired) electrons. The van der Waals surface area contributed by atoms with Crippen molar-refractivity contribution in [1.82, 2.24) is 0 Å². The standard InChI is InChI=1S/C24H34O3/c1-4-16(2)19-5-7-22(8-6-19)26-10-9-23(25)27-24(3)20-12-17-11-18(14-20)15-21(24)13-17/h5-8,16-18,20-21H,4,9-15H2,1-3H3. The van der Waals surface area contributed by atoms with E-state index in [2.05, 4.69) is 32.9 Å². The molecule has 4 bridgehead atoms. The fourth-order valence-corrected chi connectivity index (χ4v) is 5.96. The van der Waals surface area contributed by atoms with Gasteiger partial charge >= 0.3 is 5.97 Å². The predicted octanol–water partition coefficient (Wildman–Crippen LogP) is 5.73. The van der Waals surface area contributed by atoms with Crippen molar-refractivity contribution >= 4 is 5.97 Å². The molecule has 0 saturated heterocycles. The third-order valence-electron chi connectivity index (χ3n) is 7.73. The van der Waals surface area contributed by atoms with Crippen LogP contribution in [-0.4, -0.2) is 18.2 Å². The minimum Gasteiger partial charge on any atom is -0.493 e. The van der Waals surface area contributed by atoms with Crippen molar-refractivity contribution < 1.29 is 14.3 Å². The van der Waals surface area contributed by atoms with Crippen LogP contribution in [0.4, 0.5) is 0 Å². The highest BCUT2D eigenvalue weighted by Crippen LogP contribution is 2.59. The van der Waals surface area contributed by atoms with Gasteiger partial charge in [-0.1, -0.05) is 26.0 Å². The number of carbonyl (C=O) groups is 1. The Labute approximate surface area is 163 Å². The van der Waals surface area contributed by atoms with Gasteiger partial charge in [-0.2, -0.15) is 0 Å². The third kappa shape index (κ3) is 3.75. The average Bonchev–Trinajstić information content (AvgIpc) is 2.65. The number of benzene rings is 1. The lowest BCUT2D eigenvalue weighted by Crippen LogP contribution is -2.58. The monoisotopic (exact) mass is 370 g/mol. The predicted molar refractivity (Wildman–Crippen MR) is 107 cm³/mol. The molecular formula is C24H34O3. The van der Waals surface area contributed by atoms with E-state index < -0.39 is 0 Å². The molecule has 3 heteroatoms. The fourth-order valence-electron chi connectivity index (χ4n) is 5.96. The number of rotatable bonds is 7. The van der Waals surface area contributed by atoms with Crippen LogP contribution < -0.4 is 4.74 Å². The summed E-state index contributed by atoms with van der Waals surface area (Å²) in [5.74, 6) is 4.23. The van der Waals surface area contributed by atoms with E-state index in [0.29, 0.717) is 30.8 Å². The lowest BCUT2D eigenvalue weighted by atomic mass is 9.50. The van der Waals surface area contributed by atoms with Crippen LogP contribution in [0.3, 0.4) is 0 Å². The minimum atomic E-state index is -0.234. The molecule has 148 valence electrons. The molecule has 4 fully saturated rings. The van der Waals surface area contributed by atoms with E-state index in [1.165, 1.54) is 37.7 Å². The first kappa shape index (κ1) is 18.8. The number of hydrogen-bond acceptors (Lipinski definition) is 3. The summed E-state index contributed by atoms with van der Waals surface area (Å²) in [6.45, 7) is 7.02. The summed E-state index contributed by atoms with van der Waals surface area (Å²) in [6, 6.07) is 8.26. The van der Waals surface area contributed by atoms with Crippen LogP contribution in [-0.2, 0) is 9.53 Å². The Hall–Kier alpha value is -1.51. The van der Waals surface area contributed by atoms with Gasteiger partial charge in [0, 0.05) is 0 Å². The van der Waals surface area contributed by atoms with Crippen molar-refractivity contribution in [3.8, 4) is 5.75 Å². The first-order chi connectivity index (χ1) is 13.0. The molecule has 0 amide bonds. The summed E-state index contributed by atoms with van der Waals surface area (Å²) in [4.78, 5) is 12.5. The highest BCUT2D eigenvalue weighted by Gasteiger charge is 2.56. The SMILES string of the molecule is CCC(C)c1ccc(OCCC(=O)OC2(C)C3CC4CC(C3)CC2C4)cc1. The molecule has 1 atom stereocenters. The van der Waals surface area contributed by atoms with Gasteiger partial charge < -0.3 is 9.47 Å². The molecule has 0 aliphatic heterocycles. The van der Waals surface area contributed by atoms with Crippen molar-refractivity contribution in [2.45, 2.75) is 77.2 Å². The topological polar surface area (TPSA) is 35.5 Å². The fraction of sp³-hybridized carbons (Fsp3) is 0.708. The Morgan fingerprint density at radius 2 is 1.67 bits per heavy atom. The summed E-state index contributed by atoms with van der Waals surface area (Å²) in [5, 5.41) is 0. The Balaban J connectivity index is 1.26. The van der Waals surface area contributed by atoms with Gasteiger partial charge in [-0.05, 0) is 92.7 Å². The second kappa shape index (κ2) is 7.48. The number of ether oxygens (including phenoxy) is 2. The Bertz CT molecular complexity index is 635. The molecule has 27 heavy (non-hydrogen) atoms. The molecule has 4 aliphatic rings. The summed E-state index contributed by atoms with van der Waals surface area (Å²) in [5.41, 5.74) is 1.10. The Kier molecular flexibility index (Phi) is 5.22. The lowest BCUT2D eigenvalue weighted by molar-refractivity contribution is -0.203. The zero-order valence-electron chi connectivity index (χ0n) is 17.1. The maximum Gasteiger partial charge on any atom is 0.309 e. The highest BCUT2D eigenvalue weighted by molar-refractivity contribution is 5.70. The average molecular weight is 371 g/mol. The number of esters is 1. The molecule has 4 saturated carbocycles. The van der Waals surface area contributed by atoms with E-state index in [1.807, 2.05) is 12.1 Å². The Morgan fingerprint density at radius 1 is 1.07 bits per heavy atom. The summed E-state index contributed by atoms with van der Waals surface area (Å²) in [7, 11) is 0. The van der Waals surface area contributed by atoms with Crippen LogP contribution >= 0.6 is 0 Å². The second-order valence-electron chi connectivity index (χ2n) is 9.44. The lowest BCUT2D eigenvalue weighted by Gasteiger charge is -2.59. The minimum absolute atomic E-state index is 0.0961. The largest absolute Gasteiger partial charge is 0.493 e. The molecule has 5 rings (SSSR count). The molecular weight excluding hydrogens is 336 g/mol. The molecule has 0 aromatic heterocycles. The first-order valence-corrected chi connectivity index (χ1v) is 10.9. The zero-order valence-corrected chi connectivity index (χ0v) is 17.1. The van der Waals surface area contributed by atoms with E-state index in [1.54, 1.807) is 0 Å². The van der Waals surface area contributed by atoms with Crippen LogP contribution in [0.25, 0.3) is 0 Å². The van der Waals surface area contributed by atoms with E-state index >= 15 is 0 Å². The molecule has 0 heterocycles. The van der Waals surface area contributed by atoms with Crippen molar-refractivity contribution in [2.75, 3.05) is 6.61 Å². The van der Waals surface area contributed by atoms with Crippen LogP contribution in [0.5, 0.6) is 5.75 Å². The molecule has 1 aromatic carbocycles. The van der Waals surface area contributed by atoms with Gasteiger partial charge in [0.05, 0.1) is 13.0 Å². The van der Waals surface area contributed by atoms with Crippen molar-refractivity contribution in [3.63, 3.8) is 0 Å². The van der Waals surface area contributed by atoms with E-state index in [4.69, 9.17) is 9.47 Å². The van der Waals surface area contributed by atoms with Gasteiger partial charge in [-0.3, -0.25) is 4.79 Å². The summed E-state index contributed by atoms with van der Waals surface area (Å²) in [6.07, 6.45) is 7.92. The van der Waals surface area contributed by atoms with E-state index in [0.717, 1.165) is 24.0 Å². The Morgan fingerprint density at radius 3 is 2.22 bits per heavy atom. The summed E-state index contributed by atoms with van der Waals surface area (Å²) < 4.78 is 11.9. The van der Waals surface area contributed by atoms with Crippen LogP contribution in [0.2, 0.25) is 0 Å². The second-order valence-corrected chi connectivity index (χ2v) is 9.44. The van der Waals surface area contributed by atoms with Crippen LogP contribution in [0, 0.1) is 23.7 Å². The van der Waals surface area contributed by atoms with Crippen LogP contribution in [0.1, 0.15) is 77.2 Å².